The van der Waals surface area contributed by atoms with E-state index < -0.39 is 50.2 Å². The molecule has 0 N–H and O–H groups in total. The van der Waals surface area contributed by atoms with Gasteiger partial charge in [0, 0.05) is 0 Å². The maximum absolute atomic E-state index is 8.63. The van der Waals surface area contributed by atoms with E-state index in [9.17, 15) is 0 Å². The van der Waals surface area contributed by atoms with Gasteiger partial charge in [-0.15, -0.1) is 0 Å². The van der Waals surface area contributed by atoms with E-state index >= 15 is 0 Å². The first kappa shape index (κ1) is 34.9. The Morgan fingerprint density at radius 2 is 1.04 bits per heavy atom. The van der Waals surface area contributed by atoms with Crippen molar-refractivity contribution in [2.45, 2.75) is 6.42 Å². The fourth-order valence-electron chi connectivity index (χ4n) is 1.08. The van der Waals surface area contributed by atoms with Gasteiger partial charge in [0.2, 0.25) is 0 Å². The summed E-state index contributed by atoms with van der Waals surface area (Å²) in [7, 11) is 0. The van der Waals surface area contributed by atoms with Crippen molar-refractivity contribution in [2.75, 3.05) is 0 Å². The summed E-state index contributed by atoms with van der Waals surface area (Å²) in [4.78, 5) is 0. The quantitative estimate of drug-likeness (QED) is 0.227. The monoisotopic (exact) mass is 730 g/mol. The van der Waals surface area contributed by atoms with Gasteiger partial charge in [0.05, 0.1) is 6.26 Å². The van der Waals surface area contributed by atoms with Crippen LogP contribution >= 0.6 is 0 Å². The Morgan fingerprint density at radius 1 is 0.704 bits per heavy atom. The third kappa shape index (κ3) is 46.4. The van der Waals surface area contributed by atoms with Gasteiger partial charge in [-0.2, -0.15) is 0 Å². The van der Waals surface area contributed by atoms with Crippen LogP contribution < -0.4 is 27.3 Å². The zero-order valence-electron chi connectivity index (χ0n) is 12.4. The summed E-state index contributed by atoms with van der Waals surface area (Å²) >= 11 is -18.1. The summed E-state index contributed by atoms with van der Waals surface area (Å²) < 4.78 is 109. The van der Waals surface area contributed by atoms with E-state index in [4.69, 9.17) is 47.7 Å². The standard InChI is InChI=1S/C9H8O.2Fe.3Mo.12O/c1-2-6-9-8(4-1)5-3-7-10-9;;;;;;;;;;;;;;;;;/h1-4,6-7H,5H2;;;;;;;;;;;;;;;;;/q;2*+3;;;;;;;;;;6*-1. The first-order valence-electron chi connectivity index (χ1n) is 5.36. The van der Waals surface area contributed by atoms with E-state index in [1.54, 1.807) is 6.26 Å². The molecule has 0 saturated carbocycles. The summed E-state index contributed by atoms with van der Waals surface area (Å²) in [5.74, 6) is 0.991. The molecule has 156 valence electrons. The molecule has 0 fully saturated rings. The Kier molecular flexibility index (Phi) is 21.0. The molecule has 2 rings (SSSR count). The summed E-state index contributed by atoms with van der Waals surface area (Å²) in [6.07, 6.45) is 4.75. The van der Waals surface area contributed by atoms with Gasteiger partial charge in [-0.25, -0.2) is 0 Å². The summed E-state index contributed by atoms with van der Waals surface area (Å²) in [5, 5.41) is 0. The van der Waals surface area contributed by atoms with E-state index in [1.165, 1.54) is 5.56 Å². The predicted octanol–water partition coefficient (Wildman–Crippen LogP) is -5.72. The number of ether oxygens (including phenoxy) is 1. The number of rotatable bonds is 0. The molecule has 0 atom stereocenters. The van der Waals surface area contributed by atoms with Gasteiger partial charge < -0.3 is 4.74 Å². The van der Waals surface area contributed by atoms with Crippen LogP contribution in [0.3, 0.4) is 0 Å². The van der Waals surface area contributed by atoms with Gasteiger partial charge in [0.1, 0.15) is 5.75 Å². The van der Waals surface area contributed by atoms with E-state index in [-0.39, 0.29) is 34.1 Å². The fraction of sp³-hybridized carbons (Fsp3) is 0.111. The van der Waals surface area contributed by atoms with Crippen LogP contribution in [0.1, 0.15) is 5.56 Å². The van der Waals surface area contributed by atoms with Gasteiger partial charge in [-0.05, 0) is 24.1 Å². The predicted molar refractivity (Wildman–Crippen MR) is 44.0 cm³/mol. The molecular formula is C9H8Fe2Mo3O13. The molecule has 18 heteroatoms. The van der Waals surface area contributed by atoms with Crippen molar-refractivity contribution >= 4 is 0 Å². The Morgan fingerprint density at radius 3 is 1.37 bits per heavy atom. The van der Waals surface area contributed by atoms with Crippen LogP contribution in [0.25, 0.3) is 0 Å². The number of para-hydroxylation sites is 1. The van der Waals surface area contributed by atoms with Crippen molar-refractivity contribution in [1.29, 1.82) is 0 Å². The number of hydrogen-bond donors (Lipinski definition) is 0. The summed E-state index contributed by atoms with van der Waals surface area (Å²) in [5.41, 5.74) is 1.27. The summed E-state index contributed by atoms with van der Waals surface area (Å²) in [6, 6.07) is 8.08. The first-order valence-corrected chi connectivity index (χ1v) is 15.2. The topological polar surface area (TPSA) is 250 Å². The molecule has 0 aliphatic carbocycles. The van der Waals surface area contributed by atoms with Gasteiger partial charge in [0.25, 0.3) is 0 Å². The second kappa shape index (κ2) is 16.2. The molecular weight excluding hydrogens is 716 g/mol. The second-order valence-electron chi connectivity index (χ2n) is 3.53. The Hall–Kier alpha value is 0.424. The Labute approximate surface area is 184 Å². The summed E-state index contributed by atoms with van der Waals surface area (Å²) in [6.45, 7) is 0. The van der Waals surface area contributed by atoms with E-state index in [0.29, 0.717) is 0 Å². The van der Waals surface area contributed by atoms with Crippen molar-refractivity contribution in [3.63, 3.8) is 0 Å². The third-order valence-corrected chi connectivity index (χ3v) is 1.60. The normalized spacial score (nSPS) is 11.6. The minimum absolute atomic E-state index is 0. The van der Waals surface area contributed by atoms with Crippen LogP contribution in [-0.2, 0) is 111 Å². The molecule has 2 radical (unpaired) electrons. The van der Waals surface area contributed by atoms with E-state index in [1.807, 2.05) is 24.3 Å². The fourth-order valence-corrected chi connectivity index (χ4v) is 1.08. The van der Waals surface area contributed by atoms with E-state index in [0.717, 1.165) is 12.2 Å². The number of benzene rings is 1. The van der Waals surface area contributed by atoms with Gasteiger partial charge in [0.15, 0.2) is 0 Å². The van der Waals surface area contributed by atoms with Crippen molar-refractivity contribution in [1.82, 2.24) is 0 Å². The van der Waals surface area contributed by atoms with Crippen molar-refractivity contribution in [3.8, 4) is 5.75 Å². The molecule has 13 nitrogen and oxygen atoms in total. The average Bonchev–Trinajstić information content (AvgIpc) is 2.33. The number of fused-ring (bicyclic) bond motifs is 1. The molecule has 27 heavy (non-hydrogen) atoms. The average molecular weight is 724 g/mol. The molecule has 0 unspecified atom stereocenters. The van der Waals surface area contributed by atoms with Gasteiger partial charge in [-0.3, -0.25) is 0 Å². The molecule has 1 aliphatic rings. The van der Waals surface area contributed by atoms with Crippen LogP contribution in [0.2, 0.25) is 0 Å². The zero-order chi connectivity index (χ0) is 20.3. The molecule has 0 amide bonds. The second-order valence-corrected chi connectivity index (χ2v) is 9.55. The molecule has 0 spiro atoms. The van der Waals surface area contributed by atoms with Crippen molar-refractivity contribution < 1.29 is 132 Å². The van der Waals surface area contributed by atoms with Crippen LogP contribution in [-0.4, -0.2) is 0 Å². The van der Waals surface area contributed by atoms with Crippen molar-refractivity contribution in [2.24, 2.45) is 0 Å². The zero-order valence-corrected chi connectivity index (χ0v) is 20.6. The maximum atomic E-state index is 8.63. The number of allylic oxidation sites excluding steroid dienone is 1. The molecule has 1 aromatic carbocycles. The molecule has 1 heterocycles. The molecule has 0 bridgehead atoms. The van der Waals surface area contributed by atoms with Gasteiger partial charge in [-0.1, -0.05) is 18.2 Å². The Balaban J connectivity index is -0.000000137. The van der Waals surface area contributed by atoms with Crippen LogP contribution in [0, 0.1) is 0 Å². The Bertz CT molecular complexity index is 740. The van der Waals surface area contributed by atoms with Gasteiger partial charge >= 0.3 is 127 Å². The SMILES string of the molecule is C1=COc2ccccc2C1.[Fe+3].[Fe+3].[O]=[Mo](=[O])([O-])[O-].[O]=[Mo](=[O])([O-])[O-].[O]=[Mo](=[O])([O-])[O-]. The van der Waals surface area contributed by atoms with Crippen molar-refractivity contribution in [3.05, 3.63) is 42.2 Å². The molecule has 1 aliphatic heterocycles. The van der Waals surface area contributed by atoms with Crippen LogP contribution in [0.5, 0.6) is 5.75 Å². The van der Waals surface area contributed by atoms with E-state index in [2.05, 4.69) is 6.07 Å². The molecule has 0 saturated heterocycles. The molecule has 1 aromatic rings. The molecule has 0 aromatic heterocycles. The van der Waals surface area contributed by atoms with Crippen LogP contribution in [0.15, 0.2) is 36.6 Å². The minimum atomic E-state index is -6.02. The third-order valence-electron chi connectivity index (χ3n) is 1.60. The number of hydrogen-bond acceptors (Lipinski definition) is 13. The first-order chi connectivity index (χ1) is 11.0. The van der Waals surface area contributed by atoms with Crippen LogP contribution in [0.4, 0.5) is 0 Å².